The molecule has 0 fully saturated rings. The lowest BCUT2D eigenvalue weighted by Crippen LogP contribution is -2.02. The quantitative estimate of drug-likeness (QED) is 0.688. The monoisotopic (exact) mass is 166 g/mol. The van der Waals surface area contributed by atoms with Gasteiger partial charge in [0.25, 0.3) is 0 Å². The molecule has 0 aliphatic carbocycles. The van der Waals surface area contributed by atoms with Crippen molar-refractivity contribution in [2.24, 2.45) is 0 Å². The average molecular weight is 166 g/mol. The van der Waals surface area contributed by atoms with Gasteiger partial charge in [-0.3, -0.25) is 4.98 Å². The molecule has 0 atom stereocenters. The Morgan fingerprint density at radius 3 is 2.58 bits per heavy atom. The molecule has 3 nitrogen and oxygen atoms in total. The van der Waals surface area contributed by atoms with Crippen LogP contribution in [0.25, 0.3) is 0 Å². The van der Waals surface area contributed by atoms with Gasteiger partial charge in [-0.05, 0) is 6.92 Å². The number of hydrogen-bond acceptors (Lipinski definition) is 3. The zero-order valence-electron chi connectivity index (χ0n) is 7.74. The van der Waals surface area contributed by atoms with Gasteiger partial charge >= 0.3 is 0 Å². The van der Waals surface area contributed by atoms with Crippen LogP contribution in [0.3, 0.4) is 0 Å². The van der Waals surface area contributed by atoms with E-state index in [4.69, 9.17) is 4.74 Å². The van der Waals surface area contributed by atoms with Crippen molar-refractivity contribution in [3.63, 3.8) is 0 Å². The van der Waals surface area contributed by atoms with Crippen LogP contribution in [0.2, 0.25) is 0 Å². The molecule has 0 N–H and O–H groups in total. The number of hydrogen-bond donors (Lipinski definition) is 0. The van der Waals surface area contributed by atoms with Crippen molar-refractivity contribution in [2.75, 3.05) is 6.61 Å². The van der Waals surface area contributed by atoms with Gasteiger partial charge in [0, 0.05) is 18.3 Å². The first-order valence-electron chi connectivity index (χ1n) is 4.19. The van der Waals surface area contributed by atoms with E-state index in [1.165, 1.54) is 0 Å². The highest BCUT2D eigenvalue weighted by atomic mass is 16.5. The molecule has 0 spiro atoms. The lowest BCUT2D eigenvalue weighted by Gasteiger charge is -2.09. The molecule has 3 heteroatoms. The molecule has 0 aliphatic rings. The Morgan fingerprint density at radius 1 is 1.33 bits per heavy atom. The first kappa shape index (κ1) is 8.97. The molecule has 0 bridgehead atoms. The minimum absolute atomic E-state index is 0.361. The highest BCUT2D eigenvalue weighted by molar-refractivity contribution is 5.20. The zero-order valence-corrected chi connectivity index (χ0v) is 7.74. The first-order valence-corrected chi connectivity index (χ1v) is 4.19. The second-order valence-electron chi connectivity index (χ2n) is 2.83. The fourth-order valence-corrected chi connectivity index (χ4v) is 0.980. The molecule has 66 valence electrons. The van der Waals surface area contributed by atoms with Gasteiger partial charge < -0.3 is 4.74 Å². The Bertz CT molecular complexity index is 248. The van der Waals surface area contributed by atoms with Crippen molar-refractivity contribution in [2.45, 2.75) is 26.7 Å². The molecule has 1 rings (SSSR count). The van der Waals surface area contributed by atoms with Gasteiger partial charge in [-0.1, -0.05) is 13.8 Å². The summed E-state index contributed by atoms with van der Waals surface area (Å²) in [4.78, 5) is 8.31. The average Bonchev–Trinajstić information content (AvgIpc) is 2.05. The van der Waals surface area contributed by atoms with E-state index in [1.54, 1.807) is 12.4 Å². The van der Waals surface area contributed by atoms with E-state index >= 15 is 0 Å². The summed E-state index contributed by atoms with van der Waals surface area (Å²) in [5.74, 6) is 1.02. The zero-order chi connectivity index (χ0) is 8.97. The van der Waals surface area contributed by atoms with Crippen molar-refractivity contribution in [1.29, 1.82) is 0 Å². The van der Waals surface area contributed by atoms with Gasteiger partial charge in [0.15, 0.2) is 0 Å². The van der Waals surface area contributed by atoms with E-state index < -0.39 is 0 Å². The van der Waals surface area contributed by atoms with Crippen molar-refractivity contribution in [3.8, 4) is 5.88 Å². The number of rotatable bonds is 3. The topological polar surface area (TPSA) is 35.0 Å². The third-order valence-electron chi connectivity index (χ3n) is 1.52. The van der Waals surface area contributed by atoms with Crippen molar-refractivity contribution >= 4 is 0 Å². The van der Waals surface area contributed by atoms with Gasteiger partial charge in [0.2, 0.25) is 5.88 Å². The van der Waals surface area contributed by atoms with Gasteiger partial charge in [-0.25, -0.2) is 4.98 Å². The van der Waals surface area contributed by atoms with Gasteiger partial charge in [-0.15, -0.1) is 0 Å². The molecular formula is C9H14N2O. The summed E-state index contributed by atoms with van der Waals surface area (Å²) < 4.78 is 5.32. The molecule has 0 saturated heterocycles. The lowest BCUT2D eigenvalue weighted by atomic mass is 10.1. The molecule has 0 amide bonds. The van der Waals surface area contributed by atoms with Gasteiger partial charge in [0.1, 0.15) is 5.69 Å². The maximum absolute atomic E-state index is 5.32. The Kier molecular flexibility index (Phi) is 3.02. The summed E-state index contributed by atoms with van der Waals surface area (Å²) in [5, 5.41) is 0. The molecule has 1 aromatic heterocycles. The van der Waals surface area contributed by atoms with E-state index in [1.807, 2.05) is 6.92 Å². The van der Waals surface area contributed by atoms with Crippen LogP contribution < -0.4 is 4.74 Å². The Morgan fingerprint density at radius 2 is 2.00 bits per heavy atom. The van der Waals surface area contributed by atoms with E-state index in [0.717, 1.165) is 5.69 Å². The minimum Gasteiger partial charge on any atom is -0.477 e. The summed E-state index contributed by atoms with van der Waals surface area (Å²) >= 11 is 0. The van der Waals surface area contributed by atoms with Crippen LogP contribution in [-0.4, -0.2) is 16.6 Å². The summed E-state index contributed by atoms with van der Waals surface area (Å²) in [6.07, 6.45) is 3.34. The van der Waals surface area contributed by atoms with Gasteiger partial charge in [-0.2, -0.15) is 0 Å². The van der Waals surface area contributed by atoms with Crippen LogP contribution >= 0.6 is 0 Å². The second-order valence-corrected chi connectivity index (χ2v) is 2.83. The SMILES string of the molecule is CCOc1nccnc1C(C)C. The molecule has 12 heavy (non-hydrogen) atoms. The maximum atomic E-state index is 5.32. The predicted molar refractivity (Wildman–Crippen MR) is 47.3 cm³/mol. The number of aromatic nitrogens is 2. The van der Waals surface area contributed by atoms with Crippen LogP contribution in [0.5, 0.6) is 5.88 Å². The van der Waals surface area contributed by atoms with Gasteiger partial charge in [0.05, 0.1) is 6.61 Å². The van der Waals surface area contributed by atoms with Crippen LogP contribution in [0.1, 0.15) is 32.4 Å². The van der Waals surface area contributed by atoms with E-state index in [9.17, 15) is 0 Å². The van der Waals surface area contributed by atoms with E-state index in [0.29, 0.717) is 18.4 Å². The second kappa shape index (κ2) is 4.04. The Hall–Kier alpha value is -1.12. The van der Waals surface area contributed by atoms with Crippen molar-refractivity contribution in [1.82, 2.24) is 9.97 Å². The molecule has 0 radical (unpaired) electrons. The summed E-state index contributed by atoms with van der Waals surface area (Å²) in [5.41, 5.74) is 0.930. The van der Waals surface area contributed by atoms with Crippen LogP contribution in [0.4, 0.5) is 0 Å². The maximum Gasteiger partial charge on any atom is 0.235 e. The smallest absolute Gasteiger partial charge is 0.235 e. The summed E-state index contributed by atoms with van der Waals surface area (Å²) in [6, 6.07) is 0. The molecular weight excluding hydrogens is 152 g/mol. The van der Waals surface area contributed by atoms with Crippen molar-refractivity contribution in [3.05, 3.63) is 18.1 Å². The summed E-state index contributed by atoms with van der Waals surface area (Å²) in [7, 11) is 0. The van der Waals surface area contributed by atoms with Crippen LogP contribution in [0.15, 0.2) is 12.4 Å². The van der Waals surface area contributed by atoms with E-state index in [-0.39, 0.29) is 0 Å². The van der Waals surface area contributed by atoms with Crippen LogP contribution in [-0.2, 0) is 0 Å². The van der Waals surface area contributed by atoms with Crippen molar-refractivity contribution < 1.29 is 4.74 Å². The fraction of sp³-hybridized carbons (Fsp3) is 0.556. The number of ether oxygens (including phenoxy) is 1. The molecule has 1 aromatic rings. The molecule has 0 unspecified atom stereocenters. The largest absolute Gasteiger partial charge is 0.477 e. The third-order valence-corrected chi connectivity index (χ3v) is 1.52. The van der Waals surface area contributed by atoms with Crippen LogP contribution in [0, 0.1) is 0 Å². The number of nitrogens with zero attached hydrogens (tertiary/aromatic N) is 2. The summed E-state index contributed by atoms with van der Waals surface area (Å²) in [6.45, 7) is 6.73. The lowest BCUT2D eigenvalue weighted by molar-refractivity contribution is 0.319. The highest BCUT2D eigenvalue weighted by Gasteiger charge is 2.08. The molecule has 0 aliphatic heterocycles. The Labute approximate surface area is 72.8 Å². The molecule has 0 saturated carbocycles. The molecule has 0 aromatic carbocycles. The minimum atomic E-state index is 0.361. The normalized spacial score (nSPS) is 10.3. The van der Waals surface area contributed by atoms with E-state index in [2.05, 4.69) is 23.8 Å². The Balaban J connectivity index is 2.92. The fourth-order valence-electron chi connectivity index (χ4n) is 0.980. The standard InChI is InChI=1S/C9H14N2O/c1-4-12-9-8(7(2)3)10-5-6-11-9/h5-7H,4H2,1-3H3. The predicted octanol–water partition coefficient (Wildman–Crippen LogP) is 2.00. The molecule has 1 heterocycles. The third kappa shape index (κ3) is 1.94. The highest BCUT2D eigenvalue weighted by Crippen LogP contribution is 2.20. The first-order chi connectivity index (χ1) is 5.75.